The minimum Gasteiger partial charge on any atom is -0.478 e. The second-order valence-corrected chi connectivity index (χ2v) is 5.07. The third-order valence-electron chi connectivity index (χ3n) is 3.76. The number of aromatic carboxylic acids is 1. The fourth-order valence-electron chi connectivity index (χ4n) is 2.66. The summed E-state index contributed by atoms with van der Waals surface area (Å²) < 4.78 is 0. The fourth-order valence-corrected chi connectivity index (χ4v) is 2.66. The summed E-state index contributed by atoms with van der Waals surface area (Å²) in [4.78, 5) is 20.0. The van der Waals surface area contributed by atoms with Crippen LogP contribution in [0.15, 0.2) is 12.3 Å². The number of aromatic nitrogens is 1. The van der Waals surface area contributed by atoms with Gasteiger partial charge >= 0.3 is 5.97 Å². The molecule has 1 aromatic rings. The number of nitrogens with zero attached hydrogens (tertiary/aromatic N) is 3. The van der Waals surface area contributed by atoms with Crippen LogP contribution in [0.25, 0.3) is 0 Å². The van der Waals surface area contributed by atoms with E-state index < -0.39 is 5.97 Å². The van der Waals surface area contributed by atoms with Gasteiger partial charge in [-0.15, -0.1) is 0 Å². The maximum absolute atomic E-state index is 11.3. The highest BCUT2D eigenvalue weighted by Crippen LogP contribution is 2.24. The molecule has 2 heterocycles. The molecule has 1 unspecified atom stereocenters. The predicted octanol–water partition coefficient (Wildman–Crippen LogP) is 1.62. The molecule has 0 aromatic carbocycles. The van der Waals surface area contributed by atoms with Gasteiger partial charge in [-0.25, -0.2) is 4.79 Å². The Kier molecular flexibility index (Phi) is 4.04. The van der Waals surface area contributed by atoms with Crippen LogP contribution in [-0.4, -0.2) is 53.2 Å². The van der Waals surface area contributed by atoms with Gasteiger partial charge in [-0.2, -0.15) is 0 Å². The van der Waals surface area contributed by atoms with Gasteiger partial charge in [-0.1, -0.05) is 6.92 Å². The molecule has 5 heteroatoms. The summed E-state index contributed by atoms with van der Waals surface area (Å²) >= 11 is 0. The van der Waals surface area contributed by atoms with Crippen molar-refractivity contribution in [3.63, 3.8) is 0 Å². The zero-order valence-electron chi connectivity index (χ0n) is 11.8. The number of carboxylic acid groups (broad SMARTS) is 1. The number of anilines is 1. The molecule has 2 rings (SSSR count). The SMILES string of the molecule is CCN1CCN(c2cc(C)ncc2C(=O)O)CC1C. The summed E-state index contributed by atoms with van der Waals surface area (Å²) in [5.41, 5.74) is 1.94. The minimum atomic E-state index is -0.909. The van der Waals surface area contributed by atoms with Crippen LogP contribution in [0, 0.1) is 6.92 Å². The van der Waals surface area contributed by atoms with E-state index in [1.54, 1.807) is 0 Å². The average Bonchev–Trinajstić information content (AvgIpc) is 2.38. The lowest BCUT2D eigenvalue weighted by atomic mass is 10.1. The molecule has 0 spiro atoms. The first-order valence-electron chi connectivity index (χ1n) is 6.71. The number of likely N-dealkylation sites (N-methyl/N-ethyl adjacent to an activating group) is 1. The van der Waals surface area contributed by atoms with Crippen LogP contribution in [0.3, 0.4) is 0 Å². The molecule has 1 aliphatic rings. The van der Waals surface area contributed by atoms with E-state index in [-0.39, 0.29) is 0 Å². The van der Waals surface area contributed by atoms with E-state index in [0.717, 1.165) is 37.6 Å². The van der Waals surface area contributed by atoms with Crippen LogP contribution in [-0.2, 0) is 0 Å². The van der Waals surface area contributed by atoms with Crippen molar-refractivity contribution in [2.24, 2.45) is 0 Å². The molecular weight excluding hydrogens is 242 g/mol. The van der Waals surface area contributed by atoms with Crippen LogP contribution in [0.5, 0.6) is 0 Å². The van der Waals surface area contributed by atoms with Crippen LogP contribution in [0.4, 0.5) is 5.69 Å². The highest BCUT2D eigenvalue weighted by Gasteiger charge is 2.25. The van der Waals surface area contributed by atoms with E-state index in [0.29, 0.717) is 11.6 Å². The number of rotatable bonds is 3. The van der Waals surface area contributed by atoms with Crippen molar-refractivity contribution in [3.05, 3.63) is 23.5 Å². The number of hydrogen-bond donors (Lipinski definition) is 1. The predicted molar refractivity (Wildman–Crippen MR) is 74.9 cm³/mol. The van der Waals surface area contributed by atoms with Crippen LogP contribution < -0.4 is 4.90 Å². The monoisotopic (exact) mass is 263 g/mol. The Bertz CT molecular complexity index is 476. The Balaban J connectivity index is 2.27. The first kappa shape index (κ1) is 13.8. The average molecular weight is 263 g/mol. The van der Waals surface area contributed by atoms with Crippen molar-refractivity contribution >= 4 is 11.7 Å². The number of pyridine rings is 1. The van der Waals surface area contributed by atoms with Gasteiger partial charge in [0.25, 0.3) is 0 Å². The summed E-state index contributed by atoms with van der Waals surface area (Å²) in [6.07, 6.45) is 1.46. The van der Waals surface area contributed by atoms with Gasteiger partial charge in [0.05, 0.1) is 5.69 Å². The summed E-state index contributed by atoms with van der Waals surface area (Å²) in [5.74, 6) is -0.909. The quantitative estimate of drug-likeness (QED) is 0.898. The Morgan fingerprint density at radius 3 is 2.84 bits per heavy atom. The lowest BCUT2D eigenvalue weighted by Crippen LogP contribution is -2.52. The molecule has 1 aliphatic heterocycles. The number of piperazine rings is 1. The van der Waals surface area contributed by atoms with E-state index >= 15 is 0 Å². The Labute approximate surface area is 113 Å². The highest BCUT2D eigenvalue weighted by atomic mass is 16.4. The van der Waals surface area contributed by atoms with Gasteiger partial charge in [-0.3, -0.25) is 9.88 Å². The van der Waals surface area contributed by atoms with E-state index in [4.69, 9.17) is 0 Å². The van der Waals surface area contributed by atoms with Gasteiger partial charge in [0, 0.05) is 37.6 Å². The standard InChI is InChI=1S/C14H21N3O2/c1-4-16-5-6-17(9-11(16)3)13-7-10(2)15-8-12(13)14(18)19/h7-8,11H,4-6,9H2,1-3H3,(H,18,19). The van der Waals surface area contributed by atoms with Crippen molar-refractivity contribution in [1.82, 2.24) is 9.88 Å². The van der Waals surface area contributed by atoms with E-state index in [1.165, 1.54) is 6.20 Å². The second-order valence-electron chi connectivity index (χ2n) is 5.07. The third kappa shape index (κ3) is 2.87. The first-order valence-corrected chi connectivity index (χ1v) is 6.71. The lowest BCUT2D eigenvalue weighted by Gasteiger charge is -2.40. The van der Waals surface area contributed by atoms with Crippen molar-refractivity contribution in [1.29, 1.82) is 0 Å². The van der Waals surface area contributed by atoms with Crippen molar-refractivity contribution in [3.8, 4) is 0 Å². The van der Waals surface area contributed by atoms with Crippen LogP contribution >= 0.6 is 0 Å². The zero-order valence-corrected chi connectivity index (χ0v) is 11.8. The van der Waals surface area contributed by atoms with Gasteiger partial charge in [0.1, 0.15) is 5.56 Å². The molecule has 1 atom stereocenters. The Morgan fingerprint density at radius 1 is 1.53 bits per heavy atom. The van der Waals surface area contributed by atoms with E-state index in [2.05, 4.69) is 28.6 Å². The second kappa shape index (κ2) is 5.57. The van der Waals surface area contributed by atoms with Gasteiger partial charge < -0.3 is 10.0 Å². The molecule has 1 saturated heterocycles. The molecule has 19 heavy (non-hydrogen) atoms. The normalized spacial score (nSPS) is 20.6. The molecular formula is C14H21N3O2. The Hall–Kier alpha value is -1.62. The van der Waals surface area contributed by atoms with E-state index in [9.17, 15) is 9.90 Å². The zero-order chi connectivity index (χ0) is 14.0. The number of carboxylic acids is 1. The largest absolute Gasteiger partial charge is 0.478 e. The third-order valence-corrected chi connectivity index (χ3v) is 3.76. The first-order chi connectivity index (χ1) is 9.02. The summed E-state index contributed by atoms with van der Waals surface area (Å²) in [6, 6.07) is 2.31. The van der Waals surface area contributed by atoms with Crippen molar-refractivity contribution in [2.45, 2.75) is 26.8 Å². The summed E-state index contributed by atoms with van der Waals surface area (Å²) in [5, 5.41) is 9.27. The molecule has 0 aliphatic carbocycles. The summed E-state index contributed by atoms with van der Waals surface area (Å²) in [7, 11) is 0. The number of carbonyl (C=O) groups is 1. The molecule has 1 aromatic heterocycles. The van der Waals surface area contributed by atoms with Gasteiger partial charge in [0.15, 0.2) is 0 Å². The summed E-state index contributed by atoms with van der Waals surface area (Å²) in [6.45, 7) is 9.96. The minimum absolute atomic E-state index is 0.294. The van der Waals surface area contributed by atoms with Crippen molar-refractivity contribution in [2.75, 3.05) is 31.1 Å². The molecule has 1 fully saturated rings. The van der Waals surface area contributed by atoms with Crippen LogP contribution in [0.2, 0.25) is 0 Å². The van der Waals surface area contributed by atoms with Gasteiger partial charge in [-0.05, 0) is 26.5 Å². The van der Waals surface area contributed by atoms with Gasteiger partial charge in [0.2, 0.25) is 0 Å². The molecule has 1 N–H and O–H groups in total. The number of aryl methyl sites for hydroxylation is 1. The molecule has 0 amide bonds. The maximum Gasteiger partial charge on any atom is 0.339 e. The Morgan fingerprint density at radius 2 is 2.26 bits per heavy atom. The van der Waals surface area contributed by atoms with Crippen molar-refractivity contribution < 1.29 is 9.90 Å². The van der Waals surface area contributed by atoms with Crippen LogP contribution in [0.1, 0.15) is 29.9 Å². The highest BCUT2D eigenvalue weighted by molar-refractivity contribution is 5.94. The lowest BCUT2D eigenvalue weighted by molar-refractivity contribution is 0.0696. The fraction of sp³-hybridized carbons (Fsp3) is 0.571. The maximum atomic E-state index is 11.3. The topological polar surface area (TPSA) is 56.7 Å². The number of hydrogen-bond acceptors (Lipinski definition) is 4. The molecule has 5 nitrogen and oxygen atoms in total. The van der Waals surface area contributed by atoms with E-state index in [1.807, 2.05) is 13.0 Å². The molecule has 0 bridgehead atoms. The molecule has 0 saturated carbocycles. The smallest absolute Gasteiger partial charge is 0.339 e. The molecule has 0 radical (unpaired) electrons. The molecule has 104 valence electrons.